The van der Waals surface area contributed by atoms with E-state index in [1.54, 1.807) is 0 Å². The number of alkyl halides is 3. The fraction of sp³-hybridized carbons (Fsp3) is 0.214. The number of pyridine rings is 1. The Bertz CT molecular complexity index is 656. The highest BCUT2D eigenvalue weighted by molar-refractivity contribution is 7.99. The molecule has 0 aliphatic rings. The van der Waals surface area contributed by atoms with Crippen molar-refractivity contribution in [3.8, 4) is 0 Å². The Labute approximate surface area is 124 Å². The van der Waals surface area contributed by atoms with E-state index in [1.807, 2.05) is 32.0 Å². The minimum Gasteiger partial charge on any atom is -0.308 e. The molecule has 1 aromatic heterocycles. The van der Waals surface area contributed by atoms with Gasteiger partial charge < -0.3 is 5.43 Å². The summed E-state index contributed by atoms with van der Waals surface area (Å²) in [5.41, 5.74) is 3.40. The van der Waals surface area contributed by atoms with E-state index in [-0.39, 0.29) is 10.8 Å². The van der Waals surface area contributed by atoms with Crippen molar-refractivity contribution in [3.05, 3.63) is 47.0 Å². The van der Waals surface area contributed by atoms with Crippen LogP contribution in [0.5, 0.6) is 0 Å². The van der Waals surface area contributed by atoms with E-state index in [1.165, 1.54) is 11.8 Å². The molecule has 2 rings (SSSR count). The van der Waals surface area contributed by atoms with Crippen LogP contribution in [0.25, 0.3) is 0 Å². The van der Waals surface area contributed by atoms with Crippen LogP contribution in [0.15, 0.2) is 40.3 Å². The van der Waals surface area contributed by atoms with Crippen LogP contribution in [-0.2, 0) is 6.18 Å². The number of rotatable bonds is 3. The van der Waals surface area contributed by atoms with Gasteiger partial charge in [0.05, 0.1) is 5.56 Å². The number of hydrazine groups is 1. The summed E-state index contributed by atoms with van der Waals surface area (Å²) in [6.45, 7) is 3.83. The first-order valence-corrected chi connectivity index (χ1v) is 6.92. The van der Waals surface area contributed by atoms with Crippen molar-refractivity contribution in [2.45, 2.75) is 29.9 Å². The van der Waals surface area contributed by atoms with Gasteiger partial charge in [-0.1, -0.05) is 23.9 Å². The fourth-order valence-electron chi connectivity index (χ4n) is 1.73. The third-order valence-corrected chi connectivity index (χ3v) is 3.91. The molecule has 0 bridgehead atoms. The zero-order valence-electron chi connectivity index (χ0n) is 11.5. The second-order valence-electron chi connectivity index (χ2n) is 4.59. The van der Waals surface area contributed by atoms with Crippen molar-refractivity contribution in [3.63, 3.8) is 0 Å². The summed E-state index contributed by atoms with van der Waals surface area (Å²) < 4.78 is 38.6. The normalized spacial score (nSPS) is 11.5. The molecule has 0 atom stereocenters. The van der Waals surface area contributed by atoms with Crippen LogP contribution in [-0.4, -0.2) is 4.98 Å². The number of nitrogen functional groups attached to an aromatic ring is 1. The standard InChI is InChI=1S/C14H14F3N3S/c1-8-3-4-9(2)11(5-8)21-13-7-10(14(15,16)17)6-12(19-13)20-18/h3-7H,18H2,1-2H3,(H,19,20). The summed E-state index contributed by atoms with van der Waals surface area (Å²) in [5.74, 6) is 5.17. The summed E-state index contributed by atoms with van der Waals surface area (Å²) in [4.78, 5) is 4.92. The first kappa shape index (κ1) is 15.7. The Morgan fingerprint density at radius 2 is 1.86 bits per heavy atom. The van der Waals surface area contributed by atoms with E-state index >= 15 is 0 Å². The van der Waals surface area contributed by atoms with Gasteiger partial charge in [-0.3, -0.25) is 0 Å². The van der Waals surface area contributed by atoms with E-state index < -0.39 is 11.7 Å². The summed E-state index contributed by atoms with van der Waals surface area (Å²) in [5, 5.41) is 0.242. The third-order valence-electron chi connectivity index (χ3n) is 2.84. The molecular formula is C14H14F3N3S. The Balaban J connectivity index is 2.42. The van der Waals surface area contributed by atoms with Crippen LogP contribution in [0.4, 0.5) is 19.0 Å². The second kappa shape index (κ2) is 5.95. The molecule has 0 radical (unpaired) electrons. The van der Waals surface area contributed by atoms with Gasteiger partial charge in [0.1, 0.15) is 10.8 Å². The molecule has 0 aliphatic heterocycles. The van der Waals surface area contributed by atoms with Gasteiger partial charge in [0.15, 0.2) is 0 Å². The predicted octanol–water partition coefficient (Wildman–Crippen LogP) is 4.15. The summed E-state index contributed by atoms with van der Waals surface area (Å²) in [7, 11) is 0. The molecule has 0 saturated carbocycles. The molecule has 0 saturated heterocycles. The van der Waals surface area contributed by atoms with E-state index in [2.05, 4.69) is 10.4 Å². The van der Waals surface area contributed by atoms with Crippen molar-refractivity contribution in [2.24, 2.45) is 5.84 Å². The molecule has 0 aliphatic carbocycles. The van der Waals surface area contributed by atoms with Crippen molar-refractivity contribution >= 4 is 17.6 Å². The largest absolute Gasteiger partial charge is 0.416 e. The smallest absolute Gasteiger partial charge is 0.308 e. The predicted molar refractivity (Wildman–Crippen MR) is 77.1 cm³/mol. The number of anilines is 1. The van der Waals surface area contributed by atoms with Gasteiger partial charge >= 0.3 is 6.18 Å². The molecule has 21 heavy (non-hydrogen) atoms. The van der Waals surface area contributed by atoms with Crippen molar-refractivity contribution in [2.75, 3.05) is 5.43 Å². The Hall–Kier alpha value is -1.73. The number of nitrogens with two attached hydrogens (primary N) is 1. The maximum absolute atomic E-state index is 12.9. The fourth-order valence-corrected chi connectivity index (χ4v) is 2.75. The third kappa shape index (κ3) is 3.89. The summed E-state index contributed by atoms with van der Waals surface area (Å²) >= 11 is 1.18. The molecule has 1 heterocycles. The van der Waals surface area contributed by atoms with Gasteiger partial charge in [0.2, 0.25) is 0 Å². The van der Waals surface area contributed by atoms with Crippen LogP contribution < -0.4 is 11.3 Å². The van der Waals surface area contributed by atoms with Crippen LogP contribution in [0, 0.1) is 13.8 Å². The molecule has 0 spiro atoms. The van der Waals surface area contributed by atoms with Gasteiger partial charge in [-0.25, -0.2) is 10.8 Å². The number of hydrogen-bond acceptors (Lipinski definition) is 4. The van der Waals surface area contributed by atoms with E-state index in [0.717, 1.165) is 28.2 Å². The molecule has 1 aromatic carbocycles. The molecule has 7 heteroatoms. The average Bonchev–Trinajstić information content (AvgIpc) is 2.41. The molecule has 3 N–H and O–H groups in total. The van der Waals surface area contributed by atoms with Gasteiger partial charge in [-0.15, -0.1) is 0 Å². The summed E-state index contributed by atoms with van der Waals surface area (Å²) in [6.07, 6.45) is -4.44. The SMILES string of the molecule is Cc1ccc(C)c(Sc2cc(C(F)(F)F)cc(NN)n2)c1. The lowest BCUT2D eigenvalue weighted by molar-refractivity contribution is -0.137. The van der Waals surface area contributed by atoms with Gasteiger partial charge in [-0.05, 0) is 43.2 Å². The first-order chi connectivity index (χ1) is 9.79. The Kier molecular flexibility index (Phi) is 4.43. The van der Waals surface area contributed by atoms with Crippen molar-refractivity contribution in [1.82, 2.24) is 4.98 Å². The highest BCUT2D eigenvalue weighted by Gasteiger charge is 2.31. The lowest BCUT2D eigenvalue weighted by Crippen LogP contribution is -2.12. The van der Waals surface area contributed by atoms with Crippen LogP contribution in [0.1, 0.15) is 16.7 Å². The van der Waals surface area contributed by atoms with Crippen molar-refractivity contribution < 1.29 is 13.2 Å². The van der Waals surface area contributed by atoms with Gasteiger partial charge in [0, 0.05) is 4.90 Å². The van der Waals surface area contributed by atoms with E-state index in [4.69, 9.17) is 5.84 Å². The molecule has 0 fully saturated rings. The number of nitrogens with one attached hydrogen (secondary N) is 1. The number of hydrogen-bond donors (Lipinski definition) is 2. The average molecular weight is 313 g/mol. The van der Waals surface area contributed by atoms with Crippen LogP contribution >= 0.6 is 11.8 Å². The minimum atomic E-state index is -4.44. The quantitative estimate of drug-likeness (QED) is 0.660. The van der Waals surface area contributed by atoms with Gasteiger partial charge in [-0.2, -0.15) is 13.2 Å². The lowest BCUT2D eigenvalue weighted by Gasteiger charge is -2.12. The molecule has 0 unspecified atom stereocenters. The van der Waals surface area contributed by atoms with E-state index in [9.17, 15) is 13.2 Å². The monoisotopic (exact) mass is 313 g/mol. The number of halogens is 3. The first-order valence-electron chi connectivity index (χ1n) is 6.10. The number of nitrogens with zero attached hydrogens (tertiary/aromatic N) is 1. The Morgan fingerprint density at radius 3 is 2.48 bits per heavy atom. The number of aryl methyl sites for hydroxylation is 2. The second-order valence-corrected chi connectivity index (χ2v) is 5.65. The zero-order chi connectivity index (χ0) is 15.6. The maximum atomic E-state index is 12.9. The maximum Gasteiger partial charge on any atom is 0.416 e. The molecule has 112 valence electrons. The number of benzene rings is 1. The highest BCUT2D eigenvalue weighted by atomic mass is 32.2. The highest BCUT2D eigenvalue weighted by Crippen LogP contribution is 2.36. The Morgan fingerprint density at radius 1 is 1.14 bits per heavy atom. The topological polar surface area (TPSA) is 50.9 Å². The number of aromatic nitrogens is 1. The molecule has 0 amide bonds. The molecule has 2 aromatic rings. The minimum absolute atomic E-state index is 0.0161. The van der Waals surface area contributed by atoms with Crippen LogP contribution in [0.2, 0.25) is 0 Å². The van der Waals surface area contributed by atoms with Crippen molar-refractivity contribution in [1.29, 1.82) is 0 Å². The van der Waals surface area contributed by atoms with Crippen LogP contribution in [0.3, 0.4) is 0 Å². The molecule has 3 nitrogen and oxygen atoms in total. The summed E-state index contributed by atoms with van der Waals surface area (Å²) in [6, 6.07) is 7.69. The van der Waals surface area contributed by atoms with E-state index in [0.29, 0.717) is 0 Å². The lowest BCUT2D eigenvalue weighted by atomic mass is 10.2. The zero-order valence-corrected chi connectivity index (χ0v) is 12.3. The molecular weight excluding hydrogens is 299 g/mol. The van der Waals surface area contributed by atoms with Gasteiger partial charge in [0.25, 0.3) is 0 Å².